The maximum Gasteiger partial charge on any atom is 0.148 e. The van der Waals surface area contributed by atoms with Crippen LogP contribution >= 0.6 is 0 Å². The maximum absolute atomic E-state index is 13.0. The molecule has 0 bridgehead atoms. The van der Waals surface area contributed by atoms with Gasteiger partial charge in [-0.1, -0.05) is 6.07 Å². The summed E-state index contributed by atoms with van der Waals surface area (Å²) in [6.45, 7) is 0. The summed E-state index contributed by atoms with van der Waals surface area (Å²) in [5.74, 6) is 0.844. The molecule has 90 valence electrons. The first kappa shape index (κ1) is 11.9. The third-order valence-corrected chi connectivity index (χ3v) is 2.33. The van der Waals surface area contributed by atoms with Crippen LogP contribution in [0, 0.1) is 17.1 Å². The molecule has 2 aromatic carbocycles. The van der Waals surface area contributed by atoms with E-state index in [0.29, 0.717) is 22.8 Å². The van der Waals surface area contributed by atoms with Gasteiger partial charge in [0.05, 0.1) is 12.7 Å². The first-order valence-electron chi connectivity index (χ1n) is 5.24. The highest BCUT2D eigenvalue weighted by molar-refractivity contribution is 5.49. The van der Waals surface area contributed by atoms with Gasteiger partial charge in [0.25, 0.3) is 0 Å². The van der Waals surface area contributed by atoms with Crippen molar-refractivity contribution in [3.63, 3.8) is 0 Å². The minimum absolute atomic E-state index is 0.333. The number of hydrogen-bond acceptors (Lipinski definition) is 3. The zero-order valence-corrected chi connectivity index (χ0v) is 9.68. The molecule has 18 heavy (non-hydrogen) atoms. The van der Waals surface area contributed by atoms with E-state index in [1.165, 1.54) is 25.3 Å². The molecule has 0 N–H and O–H groups in total. The zero-order valence-electron chi connectivity index (χ0n) is 9.68. The second kappa shape index (κ2) is 5.19. The Bertz CT molecular complexity index is 605. The Hall–Kier alpha value is -2.54. The Labute approximate surface area is 104 Å². The summed E-state index contributed by atoms with van der Waals surface area (Å²) in [7, 11) is 1.52. The molecule has 4 heteroatoms. The lowest BCUT2D eigenvalue weighted by molar-refractivity contribution is 0.408. The topological polar surface area (TPSA) is 42.2 Å². The Morgan fingerprint density at radius 3 is 2.61 bits per heavy atom. The van der Waals surface area contributed by atoms with Gasteiger partial charge in [-0.2, -0.15) is 5.26 Å². The van der Waals surface area contributed by atoms with Gasteiger partial charge in [-0.15, -0.1) is 0 Å². The van der Waals surface area contributed by atoms with E-state index in [1.807, 2.05) is 6.07 Å². The predicted molar refractivity (Wildman–Crippen MR) is 64.2 cm³/mol. The Morgan fingerprint density at radius 1 is 1.11 bits per heavy atom. The van der Waals surface area contributed by atoms with E-state index < -0.39 is 5.82 Å². The van der Waals surface area contributed by atoms with Crippen molar-refractivity contribution >= 4 is 0 Å². The Kier molecular flexibility index (Phi) is 3.44. The van der Waals surface area contributed by atoms with Crippen LogP contribution in [0.5, 0.6) is 17.2 Å². The molecule has 0 heterocycles. The van der Waals surface area contributed by atoms with Gasteiger partial charge in [0, 0.05) is 12.1 Å². The van der Waals surface area contributed by atoms with E-state index >= 15 is 0 Å². The van der Waals surface area contributed by atoms with Gasteiger partial charge in [0.1, 0.15) is 29.1 Å². The largest absolute Gasteiger partial charge is 0.497 e. The average Bonchev–Trinajstić information content (AvgIpc) is 2.38. The van der Waals surface area contributed by atoms with Gasteiger partial charge < -0.3 is 9.47 Å². The second-order valence-electron chi connectivity index (χ2n) is 3.53. The monoisotopic (exact) mass is 243 g/mol. The van der Waals surface area contributed by atoms with E-state index in [4.69, 9.17) is 14.7 Å². The number of nitrogens with zero attached hydrogens (tertiary/aromatic N) is 1. The van der Waals surface area contributed by atoms with Crippen LogP contribution in [0.15, 0.2) is 42.5 Å². The lowest BCUT2D eigenvalue weighted by atomic mass is 10.2. The number of ether oxygens (including phenoxy) is 2. The minimum atomic E-state index is -0.395. The summed E-state index contributed by atoms with van der Waals surface area (Å²) >= 11 is 0. The molecule has 0 aliphatic rings. The van der Waals surface area contributed by atoms with E-state index in [2.05, 4.69) is 0 Å². The molecule has 0 saturated heterocycles. The first-order valence-corrected chi connectivity index (χ1v) is 5.24. The normalized spacial score (nSPS) is 9.61. The summed E-state index contributed by atoms with van der Waals surface area (Å²) in [6.07, 6.45) is 0. The molecular formula is C14H10FNO2. The number of nitriles is 1. The smallest absolute Gasteiger partial charge is 0.148 e. The van der Waals surface area contributed by atoms with E-state index in [-0.39, 0.29) is 0 Å². The van der Waals surface area contributed by atoms with Gasteiger partial charge in [-0.05, 0) is 24.3 Å². The molecule has 2 rings (SSSR count). The molecule has 0 atom stereocenters. The second-order valence-corrected chi connectivity index (χ2v) is 3.53. The van der Waals surface area contributed by atoms with Gasteiger partial charge in [0.15, 0.2) is 0 Å². The Morgan fingerprint density at radius 2 is 1.94 bits per heavy atom. The van der Waals surface area contributed by atoms with Crippen LogP contribution < -0.4 is 9.47 Å². The molecule has 0 aromatic heterocycles. The summed E-state index contributed by atoms with van der Waals surface area (Å²) in [5.41, 5.74) is 0.361. The molecule has 0 amide bonds. The Balaban J connectivity index is 2.36. The fraction of sp³-hybridized carbons (Fsp3) is 0.0714. The summed E-state index contributed by atoms with van der Waals surface area (Å²) in [5, 5.41) is 8.97. The molecule has 0 aliphatic heterocycles. The number of methoxy groups -OCH3 is 1. The lowest BCUT2D eigenvalue weighted by Crippen LogP contribution is -1.91. The van der Waals surface area contributed by atoms with Crippen molar-refractivity contribution in [2.24, 2.45) is 0 Å². The predicted octanol–water partition coefficient (Wildman–Crippen LogP) is 3.50. The van der Waals surface area contributed by atoms with Gasteiger partial charge >= 0.3 is 0 Å². The number of rotatable bonds is 3. The van der Waals surface area contributed by atoms with Crippen LogP contribution in [0.4, 0.5) is 4.39 Å². The number of halogens is 1. The van der Waals surface area contributed by atoms with Crippen LogP contribution in [-0.4, -0.2) is 7.11 Å². The molecule has 0 fully saturated rings. The third kappa shape index (κ3) is 2.58. The highest BCUT2D eigenvalue weighted by atomic mass is 19.1. The average molecular weight is 243 g/mol. The molecule has 0 unspecified atom stereocenters. The van der Waals surface area contributed by atoms with Crippen molar-refractivity contribution < 1.29 is 13.9 Å². The van der Waals surface area contributed by atoms with Crippen molar-refractivity contribution in [1.29, 1.82) is 5.26 Å². The molecule has 0 aliphatic carbocycles. The molecule has 2 aromatic rings. The van der Waals surface area contributed by atoms with Crippen molar-refractivity contribution in [2.75, 3.05) is 7.11 Å². The standard InChI is InChI=1S/C14H10FNO2/c1-17-12-6-5-10(9-16)14(8-12)18-13-4-2-3-11(15)7-13/h2-8H,1H3. The number of benzene rings is 2. The molecule has 3 nitrogen and oxygen atoms in total. The van der Waals surface area contributed by atoms with Crippen molar-refractivity contribution in [2.45, 2.75) is 0 Å². The quantitative estimate of drug-likeness (QED) is 0.828. The zero-order chi connectivity index (χ0) is 13.0. The molecule has 0 saturated carbocycles. The molecule has 0 radical (unpaired) electrons. The maximum atomic E-state index is 13.0. The fourth-order valence-corrected chi connectivity index (χ4v) is 1.46. The van der Waals surface area contributed by atoms with Crippen molar-refractivity contribution in [3.8, 4) is 23.3 Å². The molecule has 0 spiro atoms. The van der Waals surface area contributed by atoms with Gasteiger partial charge in [-0.25, -0.2) is 4.39 Å². The highest BCUT2D eigenvalue weighted by Gasteiger charge is 2.07. The number of hydrogen-bond donors (Lipinski definition) is 0. The SMILES string of the molecule is COc1ccc(C#N)c(Oc2cccc(F)c2)c1. The molecular weight excluding hydrogens is 233 g/mol. The van der Waals surface area contributed by atoms with Crippen LogP contribution in [0.3, 0.4) is 0 Å². The summed E-state index contributed by atoms with van der Waals surface area (Å²) in [6, 6.07) is 12.6. The van der Waals surface area contributed by atoms with Gasteiger partial charge in [-0.3, -0.25) is 0 Å². The third-order valence-electron chi connectivity index (χ3n) is 2.33. The fourth-order valence-electron chi connectivity index (χ4n) is 1.46. The van der Waals surface area contributed by atoms with E-state index in [0.717, 1.165) is 0 Å². The van der Waals surface area contributed by atoms with Gasteiger partial charge in [0.2, 0.25) is 0 Å². The van der Waals surface area contributed by atoms with Crippen LogP contribution in [0.1, 0.15) is 5.56 Å². The van der Waals surface area contributed by atoms with Crippen molar-refractivity contribution in [3.05, 3.63) is 53.8 Å². The van der Waals surface area contributed by atoms with Crippen LogP contribution in [0.25, 0.3) is 0 Å². The van der Waals surface area contributed by atoms with E-state index in [1.54, 1.807) is 24.3 Å². The summed E-state index contributed by atoms with van der Waals surface area (Å²) in [4.78, 5) is 0. The summed E-state index contributed by atoms with van der Waals surface area (Å²) < 4.78 is 23.6. The lowest BCUT2D eigenvalue weighted by Gasteiger charge is -2.09. The minimum Gasteiger partial charge on any atom is -0.497 e. The van der Waals surface area contributed by atoms with Crippen molar-refractivity contribution in [1.82, 2.24) is 0 Å². The first-order chi connectivity index (χ1) is 8.72. The highest BCUT2D eigenvalue weighted by Crippen LogP contribution is 2.29. The van der Waals surface area contributed by atoms with Crippen LogP contribution in [0.2, 0.25) is 0 Å². The van der Waals surface area contributed by atoms with Crippen LogP contribution in [-0.2, 0) is 0 Å². The van der Waals surface area contributed by atoms with E-state index in [9.17, 15) is 4.39 Å².